The lowest BCUT2D eigenvalue weighted by atomic mass is 9.79. The van der Waals surface area contributed by atoms with Crippen LogP contribution in [0.2, 0.25) is 0 Å². The highest BCUT2D eigenvalue weighted by molar-refractivity contribution is 5.87. The summed E-state index contributed by atoms with van der Waals surface area (Å²) < 4.78 is 5.49. The van der Waals surface area contributed by atoms with Crippen LogP contribution in [0.15, 0.2) is 48.5 Å². The van der Waals surface area contributed by atoms with E-state index < -0.39 is 5.41 Å². The monoisotopic (exact) mass is 420 g/mol. The number of hydrogen-bond acceptors (Lipinski definition) is 3. The van der Waals surface area contributed by atoms with Crippen LogP contribution in [-0.2, 0) is 16.0 Å². The van der Waals surface area contributed by atoms with Crippen LogP contribution in [0.3, 0.4) is 0 Å². The van der Waals surface area contributed by atoms with Crippen molar-refractivity contribution in [2.45, 2.75) is 33.1 Å². The maximum absolute atomic E-state index is 13.1. The first-order chi connectivity index (χ1) is 15.0. The van der Waals surface area contributed by atoms with E-state index in [1.54, 1.807) is 7.11 Å². The molecule has 2 amide bonds. The van der Waals surface area contributed by atoms with E-state index in [2.05, 4.69) is 36.5 Å². The number of hydrogen-bond donors (Lipinski definition) is 1. The molecule has 1 aliphatic heterocycles. The molecule has 1 aliphatic carbocycles. The molecule has 4 rings (SSSR count). The molecule has 31 heavy (non-hydrogen) atoms. The average Bonchev–Trinajstić information content (AvgIpc) is 3.36. The van der Waals surface area contributed by atoms with Gasteiger partial charge >= 0.3 is 0 Å². The van der Waals surface area contributed by atoms with E-state index in [1.807, 2.05) is 36.1 Å². The highest BCUT2D eigenvalue weighted by Gasteiger charge is 2.49. The summed E-state index contributed by atoms with van der Waals surface area (Å²) in [6.07, 6.45) is 2.32. The quantitative estimate of drug-likeness (QED) is 0.739. The molecular formula is C26H32N2O3. The Labute approximate surface area is 184 Å². The second-order valence-corrected chi connectivity index (χ2v) is 9.04. The van der Waals surface area contributed by atoms with Gasteiger partial charge in [-0.15, -0.1) is 0 Å². The Balaban J connectivity index is 1.54. The molecule has 1 saturated heterocycles. The number of benzene rings is 2. The Morgan fingerprint density at radius 1 is 1.16 bits per heavy atom. The molecule has 0 bridgehead atoms. The minimum absolute atomic E-state index is 0.0583. The van der Waals surface area contributed by atoms with Crippen molar-refractivity contribution < 1.29 is 14.3 Å². The molecule has 2 fully saturated rings. The lowest BCUT2D eigenvalue weighted by Gasteiger charge is -2.28. The average molecular weight is 421 g/mol. The minimum atomic E-state index is -0.560. The van der Waals surface area contributed by atoms with Gasteiger partial charge in [-0.3, -0.25) is 9.59 Å². The van der Waals surface area contributed by atoms with Crippen LogP contribution in [0.4, 0.5) is 0 Å². The fraction of sp³-hybridized carbons (Fsp3) is 0.462. The number of nitrogens with zero attached hydrogens (tertiary/aromatic N) is 1. The van der Waals surface area contributed by atoms with E-state index in [4.69, 9.17) is 4.74 Å². The zero-order valence-corrected chi connectivity index (χ0v) is 18.7. The summed E-state index contributed by atoms with van der Waals surface area (Å²) >= 11 is 0. The van der Waals surface area contributed by atoms with Gasteiger partial charge < -0.3 is 15.0 Å². The molecule has 0 radical (unpaired) electrons. The van der Waals surface area contributed by atoms with Crippen molar-refractivity contribution in [2.75, 3.05) is 26.7 Å². The summed E-state index contributed by atoms with van der Waals surface area (Å²) in [5.41, 5.74) is 2.68. The summed E-state index contributed by atoms with van der Waals surface area (Å²) in [5, 5.41) is 3.02. The number of para-hydroxylation sites is 1. The number of carbonyl (C=O) groups is 2. The number of rotatable bonds is 7. The smallest absolute Gasteiger partial charge is 0.228 e. The molecule has 0 spiro atoms. The third kappa shape index (κ3) is 4.32. The van der Waals surface area contributed by atoms with Crippen molar-refractivity contribution in [3.8, 4) is 16.9 Å². The van der Waals surface area contributed by atoms with Gasteiger partial charge in [0.1, 0.15) is 5.75 Å². The Hall–Kier alpha value is -2.82. The van der Waals surface area contributed by atoms with Gasteiger partial charge in [0, 0.05) is 31.1 Å². The number of amides is 2. The van der Waals surface area contributed by atoms with Crippen molar-refractivity contribution in [3.05, 3.63) is 54.1 Å². The summed E-state index contributed by atoms with van der Waals surface area (Å²) in [4.78, 5) is 27.8. The van der Waals surface area contributed by atoms with Crippen molar-refractivity contribution in [1.82, 2.24) is 10.2 Å². The lowest BCUT2D eigenvalue weighted by Crippen LogP contribution is -2.45. The Morgan fingerprint density at radius 2 is 1.87 bits per heavy atom. The van der Waals surface area contributed by atoms with E-state index in [9.17, 15) is 9.59 Å². The van der Waals surface area contributed by atoms with Gasteiger partial charge in [-0.25, -0.2) is 0 Å². The number of likely N-dealkylation sites (tertiary alicyclic amines) is 1. The Bertz CT molecular complexity index is 955. The van der Waals surface area contributed by atoms with E-state index in [-0.39, 0.29) is 17.7 Å². The number of nitrogens with one attached hydrogen (secondary N) is 1. The summed E-state index contributed by atoms with van der Waals surface area (Å²) in [7, 11) is 1.68. The Kier molecular flexibility index (Phi) is 6.03. The summed E-state index contributed by atoms with van der Waals surface area (Å²) in [5.74, 6) is 1.76. The fourth-order valence-corrected chi connectivity index (χ4v) is 4.80. The molecule has 3 atom stereocenters. The van der Waals surface area contributed by atoms with E-state index in [1.165, 1.54) is 0 Å². The number of ether oxygens (including phenoxy) is 1. The zero-order chi connectivity index (χ0) is 22.0. The number of methoxy groups -OCH3 is 1. The van der Waals surface area contributed by atoms with E-state index in [0.29, 0.717) is 38.4 Å². The van der Waals surface area contributed by atoms with Gasteiger partial charge in [0.25, 0.3) is 0 Å². The summed E-state index contributed by atoms with van der Waals surface area (Å²) in [6.45, 7) is 5.84. The standard InChI is InChI=1S/C26H32N2O3/c1-4-27-25(30)26(13-14-28(17-26)24(29)22-15-18(22)2)16-19-9-11-20(12-10-19)21-7-5-6-8-23(21)31-3/h5-12,18,22H,4,13-17H2,1-3H3,(H,27,30)/t18-,22+,26+/m1/s1. The third-order valence-corrected chi connectivity index (χ3v) is 6.83. The molecular weight excluding hydrogens is 388 g/mol. The van der Waals surface area contributed by atoms with Crippen molar-refractivity contribution in [1.29, 1.82) is 0 Å². The highest BCUT2D eigenvalue weighted by atomic mass is 16.5. The molecule has 0 unspecified atom stereocenters. The number of carbonyl (C=O) groups excluding carboxylic acids is 2. The van der Waals surface area contributed by atoms with Crippen molar-refractivity contribution in [2.24, 2.45) is 17.3 Å². The van der Waals surface area contributed by atoms with Gasteiger partial charge in [-0.05, 0) is 49.3 Å². The largest absolute Gasteiger partial charge is 0.496 e. The molecule has 1 N–H and O–H groups in total. The maximum atomic E-state index is 13.1. The second-order valence-electron chi connectivity index (χ2n) is 9.04. The van der Waals surface area contributed by atoms with Gasteiger partial charge in [-0.2, -0.15) is 0 Å². The molecule has 1 saturated carbocycles. The Morgan fingerprint density at radius 3 is 2.52 bits per heavy atom. The van der Waals surface area contributed by atoms with E-state index in [0.717, 1.165) is 28.9 Å². The zero-order valence-electron chi connectivity index (χ0n) is 18.7. The first-order valence-corrected chi connectivity index (χ1v) is 11.3. The predicted molar refractivity (Wildman–Crippen MR) is 122 cm³/mol. The molecule has 2 aromatic rings. The third-order valence-electron chi connectivity index (χ3n) is 6.83. The molecule has 1 heterocycles. The van der Waals surface area contributed by atoms with Crippen LogP contribution in [0.1, 0.15) is 32.3 Å². The molecule has 5 nitrogen and oxygen atoms in total. The highest BCUT2D eigenvalue weighted by Crippen LogP contribution is 2.42. The van der Waals surface area contributed by atoms with Crippen LogP contribution >= 0.6 is 0 Å². The SMILES string of the molecule is CCNC(=O)[C@]1(Cc2ccc(-c3ccccc3OC)cc2)CCN(C(=O)[C@H]2C[C@H]2C)C1. The fourth-order valence-electron chi connectivity index (χ4n) is 4.80. The molecule has 2 aliphatic rings. The van der Waals surface area contributed by atoms with E-state index >= 15 is 0 Å². The normalized spacial score (nSPS) is 24.7. The lowest BCUT2D eigenvalue weighted by molar-refractivity contribution is -0.134. The first-order valence-electron chi connectivity index (χ1n) is 11.3. The van der Waals surface area contributed by atoms with Crippen molar-refractivity contribution >= 4 is 11.8 Å². The topological polar surface area (TPSA) is 58.6 Å². The van der Waals surface area contributed by atoms with Gasteiger partial charge in [-0.1, -0.05) is 49.4 Å². The summed E-state index contributed by atoms with van der Waals surface area (Å²) in [6, 6.07) is 16.3. The van der Waals surface area contributed by atoms with Gasteiger partial charge in [0.2, 0.25) is 11.8 Å². The molecule has 2 aromatic carbocycles. The predicted octanol–water partition coefficient (Wildman–Crippen LogP) is 3.92. The van der Waals surface area contributed by atoms with Crippen LogP contribution in [0.5, 0.6) is 5.75 Å². The van der Waals surface area contributed by atoms with Gasteiger partial charge in [0.15, 0.2) is 0 Å². The van der Waals surface area contributed by atoms with Crippen LogP contribution in [0.25, 0.3) is 11.1 Å². The van der Waals surface area contributed by atoms with Crippen molar-refractivity contribution in [3.63, 3.8) is 0 Å². The molecule has 0 aromatic heterocycles. The second kappa shape index (κ2) is 8.74. The van der Waals surface area contributed by atoms with Crippen LogP contribution in [-0.4, -0.2) is 43.5 Å². The molecule has 5 heteroatoms. The van der Waals surface area contributed by atoms with Gasteiger partial charge in [0.05, 0.1) is 12.5 Å². The minimum Gasteiger partial charge on any atom is -0.496 e. The molecule has 164 valence electrons. The van der Waals surface area contributed by atoms with Crippen LogP contribution in [0, 0.1) is 17.3 Å². The maximum Gasteiger partial charge on any atom is 0.228 e. The first kappa shape index (κ1) is 21.4. The van der Waals surface area contributed by atoms with Crippen LogP contribution < -0.4 is 10.1 Å².